The first-order valence-electron chi connectivity index (χ1n) is 9.31. The van der Waals surface area contributed by atoms with Crippen LogP contribution in [0.15, 0.2) is 24.3 Å². The molecule has 1 fully saturated rings. The van der Waals surface area contributed by atoms with Crippen LogP contribution in [0.4, 0.5) is 11.8 Å². The van der Waals surface area contributed by atoms with E-state index in [1.807, 2.05) is 25.1 Å². The molecular formula is C20H27N5O2. The summed E-state index contributed by atoms with van der Waals surface area (Å²) in [6, 6.07) is 7.60. The van der Waals surface area contributed by atoms with E-state index in [1.54, 1.807) is 20.2 Å². The summed E-state index contributed by atoms with van der Waals surface area (Å²) in [5.74, 6) is 1.76. The van der Waals surface area contributed by atoms with Crippen molar-refractivity contribution in [1.82, 2.24) is 15.3 Å². The van der Waals surface area contributed by atoms with Crippen LogP contribution in [0.1, 0.15) is 53.3 Å². The Kier molecular flexibility index (Phi) is 5.78. The molecule has 0 spiro atoms. The van der Waals surface area contributed by atoms with Gasteiger partial charge in [0.05, 0.1) is 13.2 Å². The largest absolute Gasteiger partial charge is 0.496 e. The zero-order chi connectivity index (χ0) is 19.4. The van der Waals surface area contributed by atoms with Gasteiger partial charge in [-0.1, -0.05) is 12.8 Å². The number of nitrogen functional groups attached to an aromatic ring is 1. The lowest BCUT2D eigenvalue weighted by Gasteiger charge is -2.32. The lowest BCUT2D eigenvalue weighted by molar-refractivity contribution is 0.0963. The van der Waals surface area contributed by atoms with Crippen molar-refractivity contribution in [3.63, 3.8) is 0 Å². The van der Waals surface area contributed by atoms with Crippen LogP contribution in [0, 0.1) is 6.92 Å². The maximum Gasteiger partial charge on any atom is 0.251 e. The van der Waals surface area contributed by atoms with Crippen LogP contribution in [0.2, 0.25) is 0 Å². The Labute approximate surface area is 159 Å². The van der Waals surface area contributed by atoms with Gasteiger partial charge in [0.25, 0.3) is 5.91 Å². The number of carbonyl (C=O) groups excluding carboxylic acids is 1. The quantitative estimate of drug-likeness (QED) is 0.861. The smallest absolute Gasteiger partial charge is 0.251 e. The van der Waals surface area contributed by atoms with Crippen molar-refractivity contribution in [2.24, 2.45) is 0 Å². The number of rotatable bonds is 4. The number of nitrogens with zero attached hydrogens (tertiary/aromatic N) is 3. The molecule has 3 rings (SSSR count). The highest BCUT2D eigenvalue weighted by Crippen LogP contribution is 2.38. The van der Waals surface area contributed by atoms with Gasteiger partial charge in [-0.25, -0.2) is 4.98 Å². The van der Waals surface area contributed by atoms with Crippen LogP contribution in [0.3, 0.4) is 0 Å². The summed E-state index contributed by atoms with van der Waals surface area (Å²) < 4.78 is 5.62. The van der Waals surface area contributed by atoms with E-state index >= 15 is 0 Å². The number of ether oxygens (including phenoxy) is 1. The third kappa shape index (κ3) is 4.13. The zero-order valence-electron chi connectivity index (χ0n) is 16.2. The summed E-state index contributed by atoms with van der Waals surface area (Å²) in [5.41, 5.74) is 8.36. The SMILES string of the molecule is CNC(=O)c1ccc(OC)c(C2CCCCCN2c2cc(C)nc(N)n2)c1. The molecule has 144 valence electrons. The number of aromatic nitrogens is 2. The molecule has 0 aliphatic carbocycles. The van der Waals surface area contributed by atoms with Crippen LogP contribution < -0.4 is 20.7 Å². The Bertz CT molecular complexity index is 804. The van der Waals surface area contributed by atoms with E-state index in [1.165, 1.54) is 0 Å². The maximum absolute atomic E-state index is 12.2. The number of carbonyl (C=O) groups is 1. The topological polar surface area (TPSA) is 93.4 Å². The summed E-state index contributed by atoms with van der Waals surface area (Å²) in [7, 11) is 3.29. The zero-order valence-corrected chi connectivity index (χ0v) is 16.2. The van der Waals surface area contributed by atoms with Crippen LogP contribution in [-0.4, -0.2) is 36.6 Å². The Morgan fingerprint density at radius 3 is 2.78 bits per heavy atom. The van der Waals surface area contributed by atoms with Gasteiger partial charge in [0.1, 0.15) is 11.6 Å². The van der Waals surface area contributed by atoms with Gasteiger partial charge in [0.15, 0.2) is 0 Å². The Morgan fingerprint density at radius 2 is 2.07 bits per heavy atom. The minimum absolute atomic E-state index is 0.0563. The summed E-state index contributed by atoms with van der Waals surface area (Å²) >= 11 is 0. The Morgan fingerprint density at radius 1 is 1.26 bits per heavy atom. The second kappa shape index (κ2) is 8.24. The van der Waals surface area contributed by atoms with Crippen molar-refractivity contribution in [1.29, 1.82) is 0 Å². The first-order valence-corrected chi connectivity index (χ1v) is 9.31. The number of hydrogen-bond acceptors (Lipinski definition) is 6. The van der Waals surface area contributed by atoms with Gasteiger partial charge in [-0.05, 0) is 38.0 Å². The van der Waals surface area contributed by atoms with Gasteiger partial charge in [0.2, 0.25) is 5.95 Å². The molecule has 27 heavy (non-hydrogen) atoms. The molecule has 2 heterocycles. The fourth-order valence-corrected chi connectivity index (χ4v) is 3.71. The molecule has 1 aliphatic rings. The van der Waals surface area contributed by atoms with Crippen molar-refractivity contribution in [2.45, 2.75) is 38.6 Å². The lowest BCUT2D eigenvalue weighted by atomic mass is 9.97. The minimum atomic E-state index is -0.110. The molecule has 1 unspecified atom stereocenters. The molecule has 1 amide bonds. The van der Waals surface area contributed by atoms with Crippen molar-refractivity contribution in [3.05, 3.63) is 41.1 Å². The minimum Gasteiger partial charge on any atom is -0.496 e. The van der Waals surface area contributed by atoms with E-state index in [0.29, 0.717) is 5.56 Å². The highest BCUT2D eigenvalue weighted by atomic mass is 16.5. The molecule has 7 heteroatoms. The number of benzene rings is 1. The molecule has 1 aromatic carbocycles. The molecular weight excluding hydrogens is 342 g/mol. The lowest BCUT2D eigenvalue weighted by Crippen LogP contribution is -2.30. The number of amides is 1. The van der Waals surface area contributed by atoms with E-state index in [0.717, 1.165) is 55.1 Å². The van der Waals surface area contributed by atoms with Crippen molar-refractivity contribution in [3.8, 4) is 5.75 Å². The van der Waals surface area contributed by atoms with Gasteiger partial charge in [-0.2, -0.15) is 4.98 Å². The molecule has 7 nitrogen and oxygen atoms in total. The molecule has 1 atom stereocenters. The van der Waals surface area contributed by atoms with E-state index in [9.17, 15) is 4.79 Å². The highest BCUT2D eigenvalue weighted by Gasteiger charge is 2.27. The molecule has 1 aromatic heterocycles. The standard InChI is InChI=1S/C20H27N5O2/c1-13-11-18(24-20(21)23-13)25-10-6-4-5-7-16(25)15-12-14(19(26)22-2)8-9-17(15)27-3/h8-9,11-12,16H,4-7,10H2,1-3H3,(H,22,26)(H2,21,23,24). The molecule has 0 radical (unpaired) electrons. The van der Waals surface area contributed by atoms with E-state index in [-0.39, 0.29) is 17.9 Å². The van der Waals surface area contributed by atoms with Crippen LogP contribution in [0.5, 0.6) is 5.75 Å². The highest BCUT2D eigenvalue weighted by molar-refractivity contribution is 5.94. The predicted molar refractivity (Wildman–Crippen MR) is 106 cm³/mol. The van der Waals surface area contributed by atoms with E-state index in [2.05, 4.69) is 20.2 Å². The summed E-state index contributed by atoms with van der Waals surface area (Å²) in [6.45, 7) is 2.79. The second-order valence-electron chi connectivity index (χ2n) is 6.82. The normalized spacial score (nSPS) is 17.3. The van der Waals surface area contributed by atoms with Crippen LogP contribution in [0.25, 0.3) is 0 Å². The van der Waals surface area contributed by atoms with Crippen molar-refractivity contribution in [2.75, 3.05) is 31.3 Å². The number of hydrogen-bond donors (Lipinski definition) is 2. The Hall–Kier alpha value is -2.83. The summed E-state index contributed by atoms with van der Waals surface area (Å²) in [4.78, 5) is 23.1. The second-order valence-corrected chi connectivity index (χ2v) is 6.82. The maximum atomic E-state index is 12.2. The molecule has 2 aromatic rings. The molecule has 1 aliphatic heterocycles. The van der Waals surface area contributed by atoms with Gasteiger partial charge >= 0.3 is 0 Å². The van der Waals surface area contributed by atoms with E-state index in [4.69, 9.17) is 10.5 Å². The fraction of sp³-hybridized carbons (Fsp3) is 0.450. The van der Waals surface area contributed by atoms with Crippen molar-refractivity contribution < 1.29 is 9.53 Å². The van der Waals surface area contributed by atoms with Gasteiger partial charge in [-0.15, -0.1) is 0 Å². The number of nitrogens with one attached hydrogen (secondary N) is 1. The molecule has 3 N–H and O–H groups in total. The number of aryl methyl sites for hydroxylation is 1. The van der Waals surface area contributed by atoms with Gasteiger partial charge < -0.3 is 20.7 Å². The fourth-order valence-electron chi connectivity index (χ4n) is 3.71. The molecule has 0 saturated carbocycles. The monoisotopic (exact) mass is 369 g/mol. The average Bonchev–Trinajstić information content (AvgIpc) is 2.92. The summed E-state index contributed by atoms with van der Waals surface area (Å²) in [6.07, 6.45) is 4.30. The summed E-state index contributed by atoms with van der Waals surface area (Å²) in [5, 5.41) is 2.69. The average molecular weight is 369 g/mol. The molecule has 1 saturated heterocycles. The molecule has 0 bridgehead atoms. The van der Waals surface area contributed by atoms with Crippen LogP contribution in [-0.2, 0) is 0 Å². The third-order valence-corrected chi connectivity index (χ3v) is 4.98. The predicted octanol–water partition coefficient (Wildman–Crippen LogP) is 2.86. The third-order valence-electron chi connectivity index (χ3n) is 4.98. The van der Waals surface area contributed by atoms with Crippen LogP contribution >= 0.6 is 0 Å². The number of nitrogens with two attached hydrogens (primary N) is 1. The Balaban J connectivity index is 2.09. The van der Waals surface area contributed by atoms with Gasteiger partial charge in [0, 0.05) is 36.5 Å². The van der Waals surface area contributed by atoms with Gasteiger partial charge in [-0.3, -0.25) is 4.79 Å². The number of methoxy groups -OCH3 is 1. The number of anilines is 2. The first kappa shape index (κ1) is 18.9. The van der Waals surface area contributed by atoms with E-state index < -0.39 is 0 Å². The first-order chi connectivity index (χ1) is 13.0. The van der Waals surface area contributed by atoms with Crippen molar-refractivity contribution >= 4 is 17.7 Å².